The molecule has 0 aromatic heterocycles. The zero-order valence-electron chi connectivity index (χ0n) is 17.5. The number of carbonyl (C=O) groups excluding carboxylic acids is 3. The fourth-order valence-corrected chi connectivity index (χ4v) is 4.30. The molecular formula is C25H21N3O5. The van der Waals surface area contributed by atoms with Crippen molar-refractivity contribution in [2.45, 2.75) is 12.1 Å². The summed E-state index contributed by atoms with van der Waals surface area (Å²) in [6.07, 6.45) is -0.936. The maximum Gasteiger partial charge on any atom is 0.266 e. The van der Waals surface area contributed by atoms with E-state index in [0.717, 1.165) is 11.3 Å². The minimum Gasteiger partial charge on any atom is -0.484 e. The maximum atomic E-state index is 13.5. The number of amides is 3. The monoisotopic (exact) mass is 443 g/mol. The molecule has 166 valence electrons. The van der Waals surface area contributed by atoms with Gasteiger partial charge in [-0.3, -0.25) is 19.2 Å². The predicted octanol–water partition coefficient (Wildman–Crippen LogP) is 2.60. The molecule has 2 fully saturated rings. The van der Waals surface area contributed by atoms with E-state index >= 15 is 0 Å². The Bertz CT molecular complexity index is 1180. The summed E-state index contributed by atoms with van der Waals surface area (Å²) in [5, 5.41) is 1.63. The smallest absolute Gasteiger partial charge is 0.266 e. The third-order valence-electron chi connectivity index (χ3n) is 5.74. The number of benzene rings is 3. The Morgan fingerprint density at radius 3 is 2.06 bits per heavy atom. The standard InChI is InChI=1S/C25H21N3O5/c26-20(29)15-32-19-13-11-16(12-14-19)22-21-23(33-28(22)18-9-5-2-6-10-18)25(31)27(24(21)30)17-7-3-1-4-8-17/h1-14,21-23H,15H2,(H2,26,29). The second-order valence-corrected chi connectivity index (χ2v) is 7.83. The van der Waals surface area contributed by atoms with Crippen LogP contribution in [0.15, 0.2) is 84.9 Å². The van der Waals surface area contributed by atoms with Gasteiger partial charge in [0.2, 0.25) is 5.91 Å². The van der Waals surface area contributed by atoms with Crippen LogP contribution in [0.5, 0.6) is 5.75 Å². The van der Waals surface area contributed by atoms with Gasteiger partial charge in [0.25, 0.3) is 11.8 Å². The highest BCUT2D eigenvalue weighted by Crippen LogP contribution is 2.47. The number of primary amides is 1. The molecule has 3 aromatic rings. The van der Waals surface area contributed by atoms with Crippen molar-refractivity contribution in [3.63, 3.8) is 0 Å². The van der Waals surface area contributed by atoms with Gasteiger partial charge < -0.3 is 10.5 Å². The zero-order valence-corrected chi connectivity index (χ0v) is 17.5. The third kappa shape index (κ3) is 3.70. The van der Waals surface area contributed by atoms with E-state index in [1.54, 1.807) is 53.6 Å². The van der Waals surface area contributed by atoms with Crippen molar-refractivity contribution in [1.29, 1.82) is 0 Å². The van der Waals surface area contributed by atoms with Crippen LogP contribution in [-0.4, -0.2) is 30.4 Å². The average molecular weight is 443 g/mol. The molecule has 2 aliphatic heterocycles. The minimum atomic E-state index is -0.936. The molecule has 2 heterocycles. The maximum absolute atomic E-state index is 13.5. The molecule has 5 rings (SSSR count). The Labute approximate surface area is 190 Å². The van der Waals surface area contributed by atoms with Crippen LogP contribution in [0.1, 0.15) is 11.6 Å². The van der Waals surface area contributed by atoms with Gasteiger partial charge in [0.1, 0.15) is 11.7 Å². The number of nitrogens with two attached hydrogens (primary N) is 1. The molecule has 0 radical (unpaired) electrons. The fraction of sp³-hybridized carbons (Fsp3) is 0.160. The molecule has 3 atom stereocenters. The number of hydroxylamine groups is 1. The lowest BCUT2D eigenvalue weighted by Gasteiger charge is -2.28. The first-order chi connectivity index (χ1) is 16.0. The van der Waals surface area contributed by atoms with Crippen LogP contribution in [0.2, 0.25) is 0 Å². The molecule has 8 nitrogen and oxygen atoms in total. The Hall–Kier alpha value is -4.17. The number of carbonyl (C=O) groups is 3. The van der Waals surface area contributed by atoms with Crippen LogP contribution in [-0.2, 0) is 19.2 Å². The SMILES string of the molecule is NC(=O)COc1ccc(C2C3C(=O)N(c4ccccc4)C(=O)C3ON2c2ccccc2)cc1. The fourth-order valence-electron chi connectivity index (χ4n) is 4.30. The lowest BCUT2D eigenvalue weighted by Crippen LogP contribution is -2.37. The van der Waals surface area contributed by atoms with Gasteiger partial charge in [-0.1, -0.05) is 48.5 Å². The van der Waals surface area contributed by atoms with E-state index in [9.17, 15) is 14.4 Å². The van der Waals surface area contributed by atoms with Gasteiger partial charge in [-0.05, 0) is 42.0 Å². The molecule has 0 aliphatic carbocycles. The van der Waals surface area contributed by atoms with E-state index in [2.05, 4.69) is 0 Å². The summed E-state index contributed by atoms with van der Waals surface area (Å²) in [5.41, 5.74) is 7.16. The largest absolute Gasteiger partial charge is 0.484 e. The molecule has 33 heavy (non-hydrogen) atoms. The van der Waals surface area contributed by atoms with Gasteiger partial charge in [-0.25, -0.2) is 9.96 Å². The molecule has 2 aliphatic rings. The number of ether oxygens (including phenoxy) is 1. The van der Waals surface area contributed by atoms with Crippen LogP contribution >= 0.6 is 0 Å². The molecule has 3 aromatic carbocycles. The second-order valence-electron chi connectivity index (χ2n) is 7.83. The lowest BCUT2D eigenvalue weighted by atomic mass is 9.90. The van der Waals surface area contributed by atoms with Crippen molar-refractivity contribution in [1.82, 2.24) is 0 Å². The topological polar surface area (TPSA) is 102 Å². The van der Waals surface area contributed by atoms with Crippen molar-refractivity contribution >= 4 is 29.1 Å². The van der Waals surface area contributed by atoms with Gasteiger partial charge in [0.15, 0.2) is 12.7 Å². The first kappa shape index (κ1) is 20.7. The number of nitrogens with zero attached hydrogens (tertiary/aromatic N) is 2. The number of hydrogen-bond acceptors (Lipinski definition) is 6. The molecule has 0 saturated carbocycles. The van der Waals surface area contributed by atoms with Crippen LogP contribution < -0.4 is 20.4 Å². The summed E-state index contributed by atoms with van der Waals surface area (Å²) in [4.78, 5) is 45.1. The molecular weight excluding hydrogens is 422 g/mol. The Kier molecular flexibility index (Phi) is 5.27. The summed E-state index contributed by atoms with van der Waals surface area (Å²) in [6, 6.07) is 24.6. The van der Waals surface area contributed by atoms with Gasteiger partial charge in [0.05, 0.1) is 17.4 Å². The van der Waals surface area contributed by atoms with E-state index < -0.39 is 24.0 Å². The van der Waals surface area contributed by atoms with Crippen LogP contribution in [0, 0.1) is 5.92 Å². The van der Waals surface area contributed by atoms with E-state index in [-0.39, 0.29) is 18.4 Å². The number of hydrogen-bond donors (Lipinski definition) is 1. The van der Waals surface area contributed by atoms with Crippen molar-refractivity contribution < 1.29 is 24.0 Å². The van der Waals surface area contributed by atoms with Gasteiger partial charge >= 0.3 is 0 Å². The summed E-state index contributed by atoms with van der Waals surface area (Å²) in [7, 11) is 0. The first-order valence-electron chi connectivity index (χ1n) is 10.5. The number of fused-ring (bicyclic) bond motifs is 1. The van der Waals surface area contributed by atoms with E-state index in [1.165, 1.54) is 4.90 Å². The van der Waals surface area contributed by atoms with Gasteiger partial charge in [-0.2, -0.15) is 0 Å². The second kappa shape index (κ2) is 8.40. The summed E-state index contributed by atoms with van der Waals surface area (Å²) in [5.74, 6) is -1.53. The molecule has 2 saturated heterocycles. The van der Waals surface area contributed by atoms with Crippen molar-refractivity contribution in [3.8, 4) is 5.75 Å². The predicted molar refractivity (Wildman–Crippen MR) is 120 cm³/mol. The molecule has 8 heteroatoms. The number of para-hydroxylation sites is 2. The van der Waals surface area contributed by atoms with Gasteiger partial charge in [-0.15, -0.1) is 0 Å². The normalized spacial score (nSPS) is 21.9. The molecule has 0 spiro atoms. The third-order valence-corrected chi connectivity index (χ3v) is 5.74. The summed E-state index contributed by atoms with van der Waals surface area (Å²) < 4.78 is 5.35. The average Bonchev–Trinajstić information content (AvgIpc) is 3.35. The number of rotatable bonds is 6. The zero-order chi connectivity index (χ0) is 22.9. The van der Waals surface area contributed by atoms with E-state index in [0.29, 0.717) is 11.4 Å². The molecule has 3 amide bonds. The van der Waals surface area contributed by atoms with Crippen molar-refractivity contribution in [3.05, 3.63) is 90.5 Å². The van der Waals surface area contributed by atoms with Crippen LogP contribution in [0.4, 0.5) is 11.4 Å². The molecule has 3 unspecified atom stereocenters. The summed E-state index contributed by atoms with van der Waals surface area (Å²) in [6.45, 7) is -0.230. The van der Waals surface area contributed by atoms with Crippen LogP contribution in [0.25, 0.3) is 0 Å². The summed E-state index contributed by atoms with van der Waals surface area (Å²) >= 11 is 0. The van der Waals surface area contributed by atoms with Crippen molar-refractivity contribution in [2.24, 2.45) is 11.7 Å². The highest BCUT2D eigenvalue weighted by atomic mass is 16.7. The van der Waals surface area contributed by atoms with E-state index in [1.807, 2.05) is 36.4 Å². The molecule has 2 N–H and O–H groups in total. The van der Waals surface area contributed by atoms with Crippen LogP contribution in [0.3, 0.4) is 0 Å². The Morgan fingerprint density at radius 1 is 0.848 bits per heavy atom. The number of anilines is 2. The molecule has 0 bridgehead atoms. The van der Waals surface area contributed by atoms with Crippen molar-refractivity contribution in [2.75, 3.05) is 16.6 Å². The number of imide groups is 1. The minimum absolute atomic E-state index is 0.230. The first-order valence-corrected chi connectivity index (χ1v) is 10.5. The Balaban J connectivity index is 1.51. The van der Waals surface area contributed by atoms with Gasteiger partial charge in [0, 0.05) is 0 Å². The Morgan fingerprint density at radius 2 is 1.45 bits per heavy atom. The highest BCUT2D eigenvalue weighted by Gasteiger charge is 2.60. The van der Waals surface area contributed by atoms with E-state index in [4.69, 9.17) is 15.3 Å². The highest BCUT2D eigenvalue weighted by molar-refractivity contribution is 6.23. The lowest BCUT2D eigenvalue weighted by molar-refractivity contribution is -0.126. The quantitative estimate of drug-likeness (QED) is 0.588.